The molecule has 5 aromatic carbocycles. The van der Waals surface area contributed by atoms with Crippen LogP contribution in [-0.4, -0.2) is 60.7 Å². The Bertz CT molecular complexity index is 2550. The molecule has 10 heteroatoms. The highest BCUT2D eigenvalue weighted by molar-refractivity contribution is 5.82. The number of fused-ring (bicyclic) bond motifs is 1. The van der Waals surface area contributed by atoms with Crippen LogP contribution in [0.2, 0.25) is 0 Å². The molecule has 8 aromatic rings. The first kappa shape index (κ1) is 38.7. The zero-order valence-corrected chi connectivity index (χ0v) is 33.4. The van der Waals surface area contributed by atoms with Gasteiger partial charge in [0.1, 0.15) is 17.9 Å². The van der Waals surface area contributed by atoms with E-state index in [1.807, 2.05) is 98.8 Å². The highest BCUT2D eigenvalue weighted by atomic mass is 16.5. The second-order valence-electron chi connectivity index (χ2n) is 14.1. The molecule has 0 saturated carbocycles. The average Bonchev–Trinajstić information content (AvgIpc) is 3.80. The van der Waals surface area contributed by atoms with Crippen LogP contribution in [0.5, 0.6) is 11.6 Å². The van der Waals surface area contributed by atoms with Gasteiger partial charge < -0.3 is 14.4 Å². The van der Waals surface area contributed by atoms with Crippen LogP contribution in [0.4, 0.5) is 0 Å². The van der Waals surface area contributed by atoms with E-state index in [-0.39, 0.29) is 12.5 Å². The van der Waals surface area contributed by atoms with Crippen molar-refractivity contribution in [2.24, 2.45) is 0 Å². The first-order valence-corrected chi connectivity index (χ1v) is 20.0. The zero-order valence-electron chi connectivity index (χ0n) is 33.4. The van der Waals surface area contributed by atoms with Crippen LogP contribution in [0, 0.1) is 0 Å². The summed E-state index contributed by atoms with van der Waals surface area (Å²) in [6.45, 7) is 7.43. The van der Waals surface area contributed by atoms with Crippen LogP contribution in [0.15, 0.2) is 158 Å². The van der Waals surface area contributed by atoms with Crippen molar-refractivity contribution < 1.29 is 14.3 Å². The van der Waals surface area contributed by atoms with Crippen molar-refractivity contribution in [3.8, 4) is 34.1 Å². The van der Waals surface area contributed by atoms with Gasteiger partial charge in [0.2, 0.25) is 11.7 Å². The van der Waals surface area contributed by atoms with Gasteiger partial charge in [0.25, 0.3) is 5.91 Å². The van der Waals surface area contributed by atoms with Crippen molar-refractivity contribution in [1.29, 1.82) is 0 Å². The van der Waals surface area contributed by atoms with E-state index in [9.17, 15) is 4.79 Å². The lowest BCUT2D eigenvalue weighted by molar-refractivity contribution is -0.133. The van der Waals surface area contributed by atoms with Gasteiger partial charge in [-0.05, 0) is 64.9 Å². The number of hydrogen-bond donors (Lipinski definition) is 0. The smallest absolute Gasteiger partial charge is 0.260 e. The Labute approximate surface area is 344 Å². The first-order valence-electron chi connectivity index (χ1n) is 20.0. The van der Waals surface area contributed by atoms with Crippen LogP contribution >= 0.6 is 0 Å². The fraction of sp³-hybridized carbons (Fsp3) is 0.184. The number of amides is 1. The summed E-state index contributed by atoms with van der Waals surface area (Å²) in [6, 6.07) is 53.0. The van der Waals surface area contributed by atoms with Gasteiger partial charge in [-0.3, -0.25) is 9.78 Å². The van der Waals surface area contributed by atoms with Crippen molar-refractivity contribution >= 4 is 16.9 Å². The van der Waals surface area contributed by atoms with Gasteiger partial charge in [0.15, 0.2) is 12.1 Å². The Kier molecular flexibility index (Phi) is 11.5. The largest absolute Gasteiger partial charge is 0.486 e. The third kappa shape index (κ3) is 7.89. The van der Waals surface area contributed by atoms with Gasteiger partial charge >= 0.3 is 0 Å². The van der Waals surface area contributed by atoms with E-state index in [1.165, 1.54) is 0 Å². The van der Waals surface area contributed by atoms with Crippen LogP contribution in [0.25, 0.3) is 33.5 Å². The number of aryl methyl sites for hydroxylation is 1. The Morgan fingerprint density at radius 1 is 0.661 bits per heavy atom. The molecule has 0 unspecified atom stereocenters. The quantitative estimate of drug-likeness (QED) is 0.0949. The number of carbonyl (C=O) groups is 1. The van der Waals surface area contributed by atoms with Gasteiger partial charge in [-0.25, -0.2) is 4.98 Å². The van der Waals surface area contributed by atoms with E-state index < -0.39 is 5.54 Å². The van der Waals surface area contributed by atoms with E-state index >= 15 is 0 Å². The predicted molar refractivity (Wildman–Crippen MR) is 230 cm³/mol. The van der Waals surface area contributed by atoms with E-state index in [4.69, 9.17) is 34.9 Å². The number of rotatable bonds is 15. The first-order chi connectivity index (χ1) is 29.0. The van der Waals surface area contributed by atoms with Crippen LogP contribution in [0.3, 0.4) is 0 Å². The minimum atomic E-state index is -0.877. The lowest BCUT2D eigenvalue weighted by Crippen LogP contribution is -2.39. The Hall–Kier alpha value is -7.20. The van der Waals surface area contributed by atoms with Gasteiger partial charge in [-0.15, -0.1) is 15.0 Å². The second-order valence-corrected chi connectivity index (χ2v) is 14.1. The van der Waals surface area contributed by atoms with Crippen molar-refractivity contribution in [2.45, 2.75) is 39.3 Å². The summed E-state index contributed by atoms with van der Waals surface area (Å²) in [6.07, 6.45) is 0.741. The summed E-state index contributed by atoms with van der Waals surface area (Å²) >= 11 is 0. The minimum absolute atomic E-state index is 0.0855. The molecular formula is C49H45N7O3. The van der Waals surface area contributed by atoms with Crippen molar-refractivity contribution in [3.63, 3.8) is 0 Å². The van der Waals surface area contributed by atoms with Crippen molar-refractivity contribution in [3.05, 3.63) is 186 Å². The summed E-state index contributed by atoms with van der Waals surface area (Å²) in [5.41, 5.74) is 8.19. The maximum atomic E-state index is 12.6. The molecule has 0 aliphatic carbocycles. The molecule has 294 valence electrons. The molecule has 0 aliphatic rings. The standard InChI is InChI=1S/C49H45N7O3/c1-4-40-32-44(47-43(50-40)30-31-45(51-47)59-34-46(57)55(5-2)6-3)58-33-35-26-28-36(29-27-35)41-24-16-17-25-42(41)48-52-54-56(53-48)49(37-18-10-7-11-19-37,38-20-12-8-13-21-38)39-22-14-9-15-23-39/h7-32H,4-6,33-34H2,1-3H3. The molecule has 8 rings (SSSR count). The van der Waals surface area contributed by atoms with Crippen molar-refractivity contribution in [1.82, 2.24) is 35.1 Å². The SMILES string of the molecule is CCc1cc(OCc2ccc(-c3ccccc3-c3nnn(C(c4ccccc4)(c4ccccc4)c4ccccc4)n3)cc2)c2nc(OCC(=O)N(CC)CC)ccc2n1. The van der Waals surface area contributed by atoms with Gasteiger partial charge in [0.05, 0.1) is 5.52 Å². The Morgan fingerprint density at radius 2 is 1.25 bits per heavy atom. The molecule has 0 atom stereocenters. The molecule has 0 bridgehead atoms. The number of pyridine rings is 2. The van der Waals surface area contributed by atoms with E-state index in [2.05, 4.69) is 73.7 Å². The number of hydrogen-bond acceptors (Lipinski definition) is 8. The molecule has 0 N–H and O–H groups in total. The molecule has 59 heavy (non-hydrogen) atoms. The number of tetrazole rings is 1. The number of likely N-dealkylation sites (N-methyl/N-ethyl adjacent to an activating group) is 1. The van der Waals surface area contributed by atoms with Gasteiger partial charge in [-0.1, -0.05) is 146 Å². The third-order valence-corrected chi connectivity index (χ3v) is 10.6. The number of ether oxygens (including phenoxy) is 2. The normalized spacial score (nSPS) is 11.4. The molecule has 0 aliphatic heterocycles. The molecule has 3 heterocycles. The fourth-order valence-corrected chi connectivity index (χ4v) is 7.51. The van der Waals surface area contributed by atoms with Crippen LogP contribution < -0.4 is 9.47 Å². The van der Waals surface area contributed by atoms with Crippen LogP contribution in [0.1, 0.15) is 48.7 Å². The highest BCUT2D eigenvalue weighted by Crippen LogP contribution is 2.40. The maximum Gasteiger partial charge on any atom is 0.260 e. The summed E-state index contributed by atoms with van der Waals surface area (Å²) in [4.78, 5) is 25.5. The zero-order chi connectivity index (χ0) is 40.6. The number of aromatic nitrogens is 6. The van der Waals surface area contributed by atoms with E-state index in [0.29, 0.717) is 48.2 Å². The average molecular weight is 780 g/mol. The molecule has 10 nitrogen and oxygen atoms in total. The topological polar surface area (TPSA) is 108 Å². The minimum Gasteiger partial charge on any atom is -0.486 e. The molecule has 3 aromatic heterocycles. The second kappa shape index (κ2) is 17.5. The lowest BCUT2D eigenvalue weighted by atomic mass is 9.77. The fourth-order valence-electron chi connectivity index (χ4n) is 7.51. The number of benzene rings is 5. The summed E-state index contributed by atoms with van der Waals surface area (Å²) < 4.78 is 12.2. The number of carbonyl (C=O) groups excluding carboxylic acids is 1. The summed E-state index contributed by atoms with van der Waals surface area (Å²) in [7, 11) is 0. The van der Waals surface area contributed by atoms with E-state index in [1.54, 1.807) is 15.8 Å². The molecule has 0 fully saturated rings. The lowest BCUT2D eigenvalue weighted by Gasteiger charge is -2.34. The Morgan fingerprint density at radius 3 is 1.85 bits per heavy atom. The molecule has 0 saturated heterocycles. The van der Waals surface area contributed by atoms with Gasteiger partial charge in [-0.2, -0.15) is 0 Å². The molecule has 1 amide bonds. The third-order valence-electron chi connectivity index (χ3n) is 10.6. The predicted octanol–water partition coefficient (Wildman–Crippen LogP) is 9.18. The van der Waals surface area contributed by atoms with Gasteiger partial charge in [0, 0.05) is 36.5 Å². The van der Waals surface area contributed by atoms with Crippen molar-refractivity contribution in [2.75, 3.05) is 19.7 Å². The summed E-state index contributed by atoms with van der Waals surface area (Å²) in [5.74, 6) is 1.38. The monoisotopic (exact) mass is 779 g/mol. The van der Waals surface area contributed by atoms with Crippen LogP contribution in [-0.2, 0) is 23.4 Å². The maximum absolute atomic E-state index is 12.6. The Balaban J connectivity index is 1.07. The van der Waals surface area contributed by atoms with E-state index in [0.717, 1.165) is 51.1 Å². The highest BCUT2D eigenvalue weighted by Gasteiger charge is 2.41. The molecule has 0 spiro atoms. The molecule has 0 radical (unpaired) electrons. The summed E-state index contributed by atoms with van der Waals surface area (Å²) in [5, 5.41) is 14.7. The molecular weight excluding hydrogens is 735 g/mol. The number of nitrogens with zero attached hydrogens (tertiary/aromatic N) is 7.